The van der Waals surface area contributed by atoms with Gasteiger partial charge in [0.2, 0.25) is 0 Å². The molecule has 0 amide bonds. The van der Waals surface area contributed by atoms with Gasteiger partial charge < -0.3 is 4.40 Å². The zero-order valence-electron chi connectivity index (χ0n) is 29.3. The Labute approximate surface area is 281 Å². The second-order valence-corrected chi connectivity index (χ2v) is 17.3. The maximum Gasteiger partial charge on any atom is 0.197 e. The molecule has 0 N–H and O–H groups in total. The Bertz CT molecular complexity index is 2530. The fraction of sp³-hybridized carbons (Fsp3) is 0.289. The molecule has 238 valence electrons. The van der Waals surface area contributed by atoms with Crippen LogP contribution in [0.2, 0.25) is 0 Å². The van der Waals surface area contributed by atoms with Gasteiger partial charge in [0.25, 0.3) is 0 Å². The lowest BCUT2D eigenvalue weighted by Gasteiger charge is -2.39. The first kappa shape index (κ1) is 29.4. The van der Waals surface area contributed by atoms with E-state index in [0.717, 1.165) is 33.2 Å². The molecule has 0 unspecified atom stereocenters. The summed E-state index contributed by atoms with van der Waals surface area (Å²) in [5.41, 5.74) is 12.2. The summed E-state index contributed by atoms with van der Waals surface area (Å²) in [6, 6.07) is 30.6. The van der Waals surface area contributed by atoms with Crippen molar-refractivity contribution in [1.82, 2.24) is 4.40 Å². The first-order valence-corrected chi connectivity index (χ1v) is 17.2. The molecule has 2 aromatic heterocycles. The molecular weight excluding hydrogens is 587 g/mol. The van der Waals surface area contributed by atoms with E-state index in [2.05, 4.69) is 127 Å². The molecule has 9 rings (SSSR count). The minimum atomic E-state index is -0.703. The lowest BCUT2D eigenvalue weighted by atomic mass is 9.65. The number of pyridine rings is 2. The van der Waals surface area contributed by atoms with Gasteiger partial charge in [0.1, 0.15) is 0 Å². The molecule has 3 heterocycles. The van der Waals surface area contributed by atoms with Crippen molar-refractivity contribution in [2.45, 2.75) is 84.0 Å². The SMILES string of the molecule is CC(C)(C)c1ccc2c(c1)-c1cc(C(C)(C)C)ccc1C21c2cccc3c(=O)c4cc(C(C)(C)C)cc5c(=O)c6cccc1c6n(c23)c45. The lowest BCUT2D eigenvalue weighted by Crippen LogP contribution is -2.34. The first-order chi connectivity index (χ1) is 22.5. The van der Waals surface area contributed by atoms with Gasteiger partial charge in [0.15, 0.2) is 10.9 Å². The number of hydrogen-bond acceptors (Lipinski definition) is 2. The third-order valence-corrected chi connectivity index (χ3v) is 11.4. The molecule has 1 spiro atoms. The van der Waals surface area contributed by atoms with Crippen LogP contribution in [0.4, 0.5) is 0 Å². The van der Waals surface area contributed by atoms with Crippen molar-refractivity contribution in [3.63, 3.8) is 0 Å². The van der Waals surface area contributed by atoms with Crippen LogP contribution in [0.25, 0.3) is 49.2 Å². The Morgan fingerprint density at radius 2 is 0.854 bits per heavy atom. The molecule has 0 saturated heterocycles. The Hall–Kier alpha value is -4.76. The van der Waals surface area contributed by atoms with Crippen LogP contribution in [0.3, 0.4) is 0 Å². The Kier molecular flexibility index (Phi) is 5.40. The Morgan fingerprint density at radius 3 is 1.25 bits per heavy atom. The molecule has 48 heavy (non-hydrogen) atoms. The molecule has 1 aliphatic heterocycles. The van der Waals surface area contributed by atoms with E-state index in [-0.39, 0.29) is 27.1 Å². The predicted molar refractivity (Wildman–Crippen MR) is 201 cm³/mol. The molecule has 0 atom stereocenters. The van der Waals surface area contributed by atoms with E-state index in [4.69, 9.17) is 0 Å². The standard InChI is InChI=1S/C45H41NO2/c1-42(2,3)24-16-18-33-29(20-24)30-21-25(43(4,5)6)17-19-34(30)45(33)35-14-10-12-27-38(35)46-37-31(40(27)47)22-26(44(7,8)9)23-32(37)41(48)28-13-11-15-36(45)39(28)46/h10-23H,1-9H3. The molecule has 7 aromatic rings. The van der Waals surface area contributed by atoms with Crippen molar-refractivity contribution in [3.8, 4) is 11.1 Å². The minimum absolute atomic E-state index is 0.0131. The first-order valence-electron chi connectivity index (χ1n) is 17.2. The predicted octanol–water partition coefficient (Wildman–Crippen LogP) is 10.1. The molecule has 2 aliphatic rings. The summed E-state index contributed by atoms with van der Waals surface area (Å²) in [5.74, 6) is 0. The summed E-state index contributed by atoms with van der Waals surface area (Å²) in [6.07, 6.45) is 0. The third-order valence-electron chi connectivity index (χ3n) is 11.4. The Morgan fingerprint density at radius 1 is 0.438 bits per heavy atom. The van der Waals surface area contributed by atoms with Gasteiger partial charge in [-0.15, -0.1) is 0 Å². The topological polar surface area (TPSA) is 38.5 Å². The second kappa shape index (κ2) is 8.82. The Balaban J connectivity index is 1.56. The molecular formula is C45H41NO2. The summed E-state index contributed by atoms with van der Waals surface area (Å²) >= 11 is 0. The van der Waals surface area contributed by atoms with Crippen molar-refractivity contribution < 1.29 is 0 Å². The van der Waals surface area contributed by atoms with Crippen LogP contribution >= 0.6 is 0 Å². The summed E-state index contributed by atoms with van der Waals surface area (Å²) < 4.78 is 2.27. The largest absolute Gasteiger partial charge is 0.307 e. The monoisotopic (exact) mass is 627 g/mol. The zero-order valence-corrected chi connectivity index (χ0v) is 29.3. The highest BCUT2D eigenvalue weighted by Crippen LogP contribution is 2.60. The third kappa shape index (κ3) is 3.44. The fourth-order valence-corrected chi connectivity index (χ4v) is 8.81. The normalized spacial score (nSPS) is 15.1. The number of aromatic nitrogens is 1. The van der Waals surface area contributed by atoms with Crippen LogP contribution in [-0.4, -0.2) is 4.40 Å². The maximum atomic E-state index is 14.7. The van der Waals surface area contributed by atoms with Gasteiger partial charge in [-0.3, -0.25) is 9.59 Å². The van der Waals surface area contributed by atoms with Gasteiger partial charge in [0, 0.05) is 21.5 Å². The van der Waals surface area contributed by atoms with Crippen LogP contribution in [0, 0.1) is 0 Å². The van der Waals surface area contributed by atoms with Gasteiger partial charge in [-0.1, -0.05) is 123 Å². The van der Waals surface area contributed by atoms with Crippen LogP contribution < -0.4 is 10.9 Å². The number of rotatable bonds is 0. The molecule has 5 aromatic carbocycles. The number of hydrogen-bond donors (Lipinski definition) is 0. The van der Waals surface area contributed by atoms with Gasteiger partial charge in [-0.05, 0) is 90.6 Å². The maximum absolute atomic E-state index is 14.7. The van der Waals surface area contributed by atoms with E-state index in [9.17, 15) is 9.59 Å². The quantitative estimate of drug-likeness (QED) is 0.124. The fourth-order valence-electron chi connectivity index (χ4n) is 8.81. The smallest absolute Gasteiger partial charge is 0.197 e. The van der Waals surface area contributed by atoms with E-state index in [1.165, 1.54) is 33.4 Å². The summed E-state index contributed by atoms with van der Waals surface area (Å²) in [6.45, 7) is 20.0. The lowest BCUT2D eigenvalue weighted by molar-refractivity contribution is 0.589. The highest BCUT2D eigenvalue weighted by Gasteiger charge is 2.51. The number of nitrogens with zero attached hydrogens (tertiary/aromatic N) is 1. The van der Waals surface area contributed by atoms with Crippen LogP contribution in [-0.2, 0) is 21.7 Å². The molecule has 1 aliphatic carbocycles. The van der Waals surface area contributed by atoms with Crippen molar-refractivity contribution in [1.29, 1.82) is 0 Å². The second-order valence-electron chi connectivity index (χ2n) is 17.3. The number of para-hydroxylation sites is 2. The molecule has 0 saturated carbocycles. The minimum Gasteiger partial charge on any atom is -0.307 e. The molecule has 3 nitrogen and oxygen atoms in total. The molecule has 0 fully saturated rings. The summed E-state index contributed by atoms with van der Waals surface area (Å²) in [5, 5.41) is 2.62. The van der Waals surface area contributed by atoms with Gasteiger partial charge in [-0.2, -0.15) is 0 Å². The van der Waals surface area contributed by atoms with Crippen molar-refractivity contribution in [2.75, 3.05) is 0 Å². The number of benzene rings is 5. The zero-order chi connectivity index (χ0) is 33.9. The molecule has 0 radical (unpaired) electrons. The molecule has 0 bridgehead atoms. The molecule has 3 heteroatoms. The van der Waals surface area contributed by atoms with Gasteiger partial charge in [0.05, 0.1) is 22.0 Å². The average molecular weight is 628 g/mol. The van der Waals surface area contributed by atoms with Crippen LogP contribution in [0.15, 0.2) is 94.5 Å². The van der Waals surface area contributed by atoms with E-state index in [0.29, 0.717) is 21.5 Å². The van der Waals surface area contributed by atoms with E-state index >= 15 is 0 Å². The van der Waals surface area contributed by atoms with E-state index < -0.39 is 5.41 Å². The van der Waals surface area contributed by atoms with E-state index in [1.54, 1.807) is 0 Å². The van der Waals surface area contributed by atoms with Crippen molar-refractivity contribution >= 4 is 38.1 Å². The highest BCUT2D eigenvalue weighted by molar-refractivity contribution is 6.12. The van der Waals surface area contributed by atoms with Gasteiger partial charge in [-0.25, -0.2) is 0 Å². The van der Waals surface area contributed by atoms with E-state index in [1.807, 2.05) is 24.3 Å². The van der Waals surface area contributed by atoms with Crippen molar-refractivity contribution in [3.05, 3.63) is 144 Å². The van der Waals surface area contributed by atoms with Gasteiger partial charge >= 0.3 is 0 Å². The number of fused-ring (bicyclic) bond motifs is 7. The van der Waals surface area contributed by atoms with Crippen LogP contribution in [0.5, 0.6) is 0 Å². The summed E-state index contributed by atoms with van der Waals surface area (Å²) in [7, 11) is 0. The van der Waals surface area contributed by atoms with Crippen LogP contribution in [0.1, 0.15) is 101 Å². The summed E-state index contributed by atoms with van der Waals surface area (Å²) in [4.78, 5) is 29.4. The highest BCUT2D eigenvalue weighted by atomic mass is 16.1. The average Bonchev–Trinajstić information content (AvgIpc) is 3.31. The van der Waals surface area contributed by atoms with Crippen molar-refractivity contribution in [2.24, 2.45) is 0 Å².